The van der Waals surface area contributed by atoms with Crippen LogP contribution in [0.3, 0.4) is 0 Å². The van der Waals surface area contributed by atoms with Crippen LogP contribution in [0.15, 0.2) is 0 Å². The Balaban J connectivity index is -0.00000000500. The van der Waals surface area contributed by atoms with Gasteiger partial charge in [0.1, 0.15) is 0 Å². The van der Waals surface area contributed by atoms with E-state index in [0.717, 1.165) is 0 Å². The van der Waals surface area contributed by atoms with Gasteiger partial charge in [0.2, 0.25) is 0 Å². The fourth-order valence-corrected chi connectivity index (χ4v) is 0. The minimum atomic E-state index is 0. The second-order valence-corrected chi connectivity index (χ2v) is 0. The van der Waals surface area contributed by atoms with E-state index >= 15 is 0 Å². The van der Waals surface area contributed by atoms with Gasteiger partial charge in [-0.05, 0) is 0 Å². The maximum absolute atomic E-state index is 3.25. The topological polar surface area (TPSA) is 0 Å². The first kappa shape index (κ1) is 19.4. The predicted molar refractivity (Wildman–Crippen MR) is 11.0 cm³/mol. The fraction of sp³-hybridized carbons (Fsp3) is 0.500. The fourth-order valence-electron chi connectivity index (χ4n) is 0. The second-order valence-electron chi connectivity index (χ2n) is 0. The van der Waals surface area contributed by atoms with Crippen LogP contribution in [-0.4, -0.2) is 0 Å². The van der Waals surface area contributed by atoms with Crippen LogP contribution in [-0.2, 0) is 19.5 Å². The number of hydrogen-bond acceptors (Lipinski definition) is 0. The molecular formula is C2H5BrZn-. The van der Waals surface area contributed by atoms with Crippen LogP contribution in [0, 0.1) is 6.92 Å². The standard InChI is InChI=1S/C2H5.BrH.Zn/c1-2;;/h1H2,2H3;1H;/p-1. The van der Waals surface area contributed by atoms with Crippen LogP contribution in [0.1, 0.15) is 6.92 Å². The van der Waals surface area contributed by atoms with Gasteiger partial charge in [0, 0.05) is 19.5 Å². The van der Waals surface area contributed by atoms with Crippen molar-refractivity contribution in [3.63, 3.8) is 0 Å². The normalized spacial score (nSPS) is 1.50. The smallest absolute Gasteiger partial charge is 0 e. The summed E-state index contributed by atoms with van der Waals surface area (Å²) >= 11 is 0. The van der Waals surface area contributed by atoms with Crippen molar-refractivity contribution in [2.24, 2.45) is 0 Å². The molecule has 0 fully saturated rings. The Morgan fingerprint density at radius 2 is 1.25 bits per heavy atom. The Hall–Kier alpha value is 1.10. The Morgan fingerprint density at radius 3 is 1.25 bits per heavy atom. The van der Waals surface area contributed by atoms with Crippen molar-refractivity contribution in [2.75, 3.05) is 0 Å². The molecule has 0 aromatic carbocycles. The van der Waals surface area contributed by atoms with E-state index in [1.807, 2.05) is 0 Å². The maximum atomic E-state index is 3.25. The summed E-state index contributed by atoms with van der Waals surface area (Å²) in [6, 6.07) is 0. The molecule has 0 heterocycles. The molecule has 1 radical (unpaired) electrons. The molecule has 0 N–H and O–H groups in total. The largest absolute Gasteiger partial charge is 1.00 e. The second kappa shape index (κ2) is 32.5. The maximum Gasteiger partial charge on any atom is 0 e. The van der Waals surface area contributed by atoms with Gasteiger partial charge in [-0.1, -0.05) is 13.8 Å². The first-order chi connectivity index (χ1) is 1.00. The Labute approximate surface area is 50.5 Å². The van der Waals surface area contributed by atoms with Gasteiger partial charge in [0.15, 0.2) is 0 Å². The SMILES string of the molecule is [Br-].[CH2]C.[Zn]. The summed E-state index contributed by atoms with van der Waals surface area (Å²) in [6.07, 6.45) is 0. The van der Waals surface area contributed by atoms with Crippen molar-refractivity contribution in [3.05, 3.63) is 6.92 Å². The molecule has 0 bridgehead atoms. The molecule has 0 rings (SSSR count). The van der Waals surface area contributed by atoms with Crippen molar-refractivity contribution in [2.45, 2.75) is 6.92 Å². The summed E-state index contributed by atoms with van der Waals surface area (Å²) < 4.78 is 0. The van der Waals surface area contributed by atoms with Gasteiger partial charge in [-0.2, -0.15) is 0 Å². The minimum Gasteiger partial charge on any atom is -1.00 e. The third kappa shape index (κ3) is 11.3. The first-order valence-electron chi connectivity index (χ1n) is 0.707. The molecule has 0 unspecified atom stereocenters. The zero-order chi connectivity index (χ0) is 2.00. The summed E-state index contributed by atoms with van der Waals surface area (Å²) in [7, 11) is 0. The summed E-state index contributed by atoms with van der Waals surface area (Å²) in [6.45, 7) is 5.00. The van der Waals surface area contributed by atoms with E-state index < -0.39 is 0 Å². The number of rotatable bonds is 0. The van der Waals surface area contributed by atoms with Crippen molar-refractivity contribution in [1.82, 2.24) is 0 Å². The monoisotopic (exact) mass is 172 g/mol. The molecule has 0 nitrogen and oxygen atoms in total. The van der Waals surface area contributed by atoms with Crippen molar-refractivity contribution in [1.29, 1.82) is 0 Å². The van der Waals surface area contributed by atoms with E-state index in [0.29, 0.717) is 0 Å². The Morgan fingerprint density at radius 1 is 1.25 bits per heavy atom. The van der Waals surface area contributed by atoms with Crippen LogP contribution >= 0.6 is 0 Å². The van der Waals surface area contributed by atoms with Crippen LogP contribution in [0.4, 0.5) is 0 Å². The molecule has 0 spiro atoms. The molecule has 0 saturated carbocycles. The Bertz CT molecular complexity index is 6.00. The number of hydrogen-bond donors (Lipinski definition) is 0. The zero-order valence-corrected chi connectivity index (χ0v) is 7.35. The van der Waals surface area contributed by atoms with Crippen LogP contribution in [0.5, 0.6) is 0 Å². The molecule has 0 atom stereocenters. The van der Waals surface area contributed by atoms with Crippen LogP contribution < -0.4 is 17.0 Å². The molecule has 0 aromatic heterocycles. The molecule has 0 aliphatic rings. The van der Waals surface area contributed by atoms with Crippen LogP contribution in [0.25, 0.3) is 0 Å². The quantitative estimate of drug-likeness (QED) is 0.367. The zero-order valence-electron chi connectivity index (χ0n) is 2.79. The molecule has 23 valence electrons. The van der Waals surface area contributed by atoms with Gasteiger partial charge in [0.25, 0.3) is 0 Å². The molecule has 0 aliphatic carbocycles. The van der Waals surface area contributed by atoms with Gasteiger partial charge < -0.3 is 17.0 Å². The summed E-state index contributed by atoms with van der Waals surface area (Å²) in [5.74, 6) is 0. The van der Waals surface area contributed by atoms with Crippen LogP contribution in [0.2, 0.25) is 0 Å². The molecule has 2 heteroatoms. The van der Waals surface area contributed by atoms with Gasteiger partial charge in [-0.3, -0.25) is 0 Å². The average Bonchev–Trinajstić information content (AvgIpc) is 1.00. The third-order valence-electron chi connectivity index (χ3n) is 0. The van der Waals surface area contributed by atoms with Gasteiger partial charge >= 0.3 is 0 Å². The van der Waals surface area contributed by atoms with E-state index in [1.54, 1.807) is 6.92 Å². The Kier molecular flexibility index (Phi) is 158. The van der Waals surface area contributed by atoms with Crippen molar-refractivity contribution in [3.8, 4) is 0 Å². The van der Waals surface area contributed by atoms with E-state index in [9.17, 15) is 0 Å². The first-order valence-corrected chi connectivity index (χ1v) is 0.707. The summed E-state index contributed by atoms with van der Waals surface area (Å²) in [5.41, 5.74) is 0. The number of halogens is 1. The van der Waals surface area contributed by atoms with E-state index in [-0.39, 0.29) is 36.5 Å². The van der Waals surface area contributed by atoms with Crippen molar-refractivity contribution >= 4 is 0 Å². The van der Waals surface area contributed by atoms with E-state index in [1.165, 1.54) is 0 Å². The van der Waals surface area contributed by atoms with Crippen molar-refractivity contribution < 1.29 is 36.5 Å². The minimum absolute atomic E-state index is 0. The molecule has 0 aliphatic heterocycles. The molecular weight excluding hydrogens is 169 g/mol. The predicted octanol–water partition coefficient (Wildman–Crippen LogP) is -2.16. The summed E-state index contributed by atoms with van der Waals surface area (Å²) in [4.78, 5) is 0. The van der Waals surface area contributed by atoms with E-state index in [4.69, 9.17) is 0 Å². The third-order valence-corrected chi connectivity index (χ3v) is 0. The molecule has 4 heavy (non-hydrogen) atoms. The van der Waals surface area contributed by atoms with E-state index in [2.05, 4.69) is 6.92 Å². The molecule has 0 saturated heterocycles. The molecule has 0 amide bonds. The van der Waals surface area contributed by atoms with Gasteiger partial charge in [0.05, 0.1) is 0 Å². The average molecular weight is 174 g/mol. The molecule has 0 aromatic rings. The van der Waals surface area contributed by atoms with Gasteiger partial charge in [-0.15, -0.1) is 0 Å². The van der Waals surface area contributed by atoms with Gasteiger partial charge in [-0.25, -0.2) is 0 Å². The summed E-state index contributed by atoms with van der Waals surface area (Å²) in [5, 5.41) is 0.